The second kappa shape index (κ2) is 9.82. The van der Waals surface area contributed by atoms with Crippen molar-refractivity contribution in [3.63, 3.8) is 0 Å². The number of benzene rings is 1. The maximum absolute atomic E-state index is 12.6. The van der Waals surface area contributed by atoms with Crippen molar-refractivity contribution in [2.75, 3.05) is 13.2 Å². The van der Waals surface area contributed by atoms with Crippen LogP contribution in [-0.4, -0.2) is 36.0 Å². The summed E-state index contributed by atoms with van der Waals surface area (Å²) in [5, 5.41) is 5.60. The van der Waals surface area contributed by atoms with Crippen molar-refractivity contribution in [1.82, 2.24) is 15.6 Å². The van der Waals surface area contributed by atoms with Crippen LogP contribution in [0.3, 0.4) is 0 Å². The highest BCUT2D eigenvalue weighted by Gasteiger charge is 2.20. The third-order valence-corrected chi connectivity index (χ3v) is 4.36. The molecule has 2 aromatic rings. The van der Waals surface area contributed by atoms with Gasteiger partial charge in [0.05, 0.1) is 16.8 Å². The van der Waals surface area contributed by atoms with Crippen molar-refractivity contribution in [3.05, 3.63) is 41.1 Å². The molecule has 0 fully saturated rings. The number of carbonyl (C=O) groups is 3. The number of aromatic nitrogens is 1. The van der Waals surface area contributed by atoms with Crippen LogP contribution in [0.15, 0.2) is 24.3 Å². The summed E-state index contributed by atoms with van der Waals surface area (Å²) in [6.07, 6.45) is 1.37. The van der Waals surface area contributed by atoms with Gasteiger partial charge in [0.25, 0.3) is 5.91 Å². The minimum Gasteiger partial charge on any atom is -0.452 e. The van der Waals surface area contributed by atoms with E-state index < -0.39 is 24.5 Å². The monoisotopic (exact) mass is 385 g/mol. The van der Waals surface area contributed by atoms with Gasteiger partial charge in [0.2, 0.25) is 0 Å². The number of pyridine rings is 1. The number of nitrogens with one attached hydrogen (secondary N) is 2. The number of para-hydroxylation sites is 1. The zero-order valence-electron chi connectivity index (χ0n) is 16.8. The average molecular weight is 385 g/mol. The number of esters is 1. The average Bonchev–Trinajstić information content (AvgIpc) is 2.65. The first-order chi connectivity index (χ1) is 13.3. The summed E-state index contributed by atoms with van der Waals surface area (Å²) in [4.78, 5) is 40.6. The maximum Gasteiger partial charge on any atom is 0.340 e. The number of fused-ring (bicyclic) bond motifs is 1. The number of hydrogen-bond donors (Lipinski definition) is 2. The number of nitrogens with zero attached hydrogens (tertiary/aromatic N) is 1. The molecule has 0 saturated heterocycles. The molecule has 0 radical (unpaired) electrons. The zero-order valence-corrected chi connectivity index (χ0v) is 16.8. The highest BCUT2D eigenvalue weighted by Crippen LogP contribution is 2.24. The Balaban J connectivity index is 2.00. The number of rotatable bonds is 7. The Bertz CT molecular complexity index is 877. The molecule has 2 rings (SSSR count). The van der Waals surface area contributed by atoms with Crippen molar-refractivity contribution in [1.29, 1.82) is 0 Å². The van der Waals surface area contributed by atoms with E-state index >= 15 is 0 Å². The van der Waals surface area contributed by atoms with Gasteiger partial charge in [-0.1, -0.05) is 39.0 Å². The van der Waals surface area contributed by atoms with Crippen molar-refractivity contribution < 1.29 is 19.1 Å². The highest BCUT2D eigenvalue weighted by molar-refractivity contribution is 6.00. The van der Waals surface area contributed by atoms with Gasteiger partial charge in [0, 0.05) is 11.9 Å². The number of amides is 3. The fourth-order valence-corrected chi connectivity index (χ4v) is 2.85. The smallest absolute Gasteiger partial charge is 0.340 e. The number of urea groups is 1. The van der Waals surface area contributed by atoms with Crippen LogP contribution >= 0.6 is 0 Å². The van der Waals surface area contributed by atoms with E-state index in [-0.39, 0.29) is 0 Å². The summed E-state index contributed by atoms with van der Waals surface area (Å²) in [6, 6.07) is 6.95. The molecule has 0 atom stereocenters. The normalized spacial score (nSPS) is 10.8. The van der Waals surface area contributed by atoms with Crippen LogP contribution in [-0.2, 0) is 16.0 Å². The predicted molar refractivity (Wildman–Crippen MR) is 107 cm³/mol. The van der Waals surface area contributed by atoms with Gasteiger partial charge in [-0.15, -0.1) is 0 Å². The molecule has 7 nitrogen and oxygen atoms in total. The Morgan fingerprint density at radius 2 is 1.89 bits per heavy atom. The van der Waals surface area contributed by atoms with Gasteiger partial charge in [-0.2, -0.15) is 0 Å². The Hall–Kier alpha value is -2.96. The van der Waals surface area contributed by atoms with E-state index in [1.54, 1.807) is 0 Å². The van der Waals surface area contributed by atoms with Crippen LogP contribution in [0.1, 0.15) is 48.8 Å². The van der Waals surface area contributed by atoms with Gasteiger partial charge in [0.15, 0.2) is 6.61 Å². The first-order valence-corrected chi connectivity index (χ1v) is 9.46. The largest absolute Gasteiger partial charge is 0.452 e. The first kappa shape index (κ1) is 21.3. The molecule has 150 valence electrons. The van der Waals surface area contributed by atoms with Crippen LogP contribution in [0.5, 0.6) is 0 Å². The highest BCUT2D eigenvalue weighted by atomic mass is 16.5. The first-order valence-electron chi connectivity index (χ1n) is 9.46. The van der Waals surface area contributed by atoms with Gasteiger partial charge >= 0.3 is 12.0 Å². The molecule has 1 aromatic carbocycles. The Morgan fingerprint density at radius 3 is 2.57 bits per heavy atom. The standard InChI is InChI=1S/C21H27N3O4/c1-5-16-19(14(4)15-8-6-7-9-17(15)23-16)20(26)28-12-18(25)24-21(27)22-11-10-13(2)3/h6-9,13H,5,10-12H2,1-4H3,(H2,22,24,25,27). The maximum atomic E-state index is 12.6. The van der Waals surface area contributed by atoms with E-state index in [9.17, 15) is 14.4 Å². The van der Waals surface area contributed by atoms with E-state index in [1.807, 2.05) is 52.0 Å². The molecular formula is C21H27N3O4. The van der Waals surface area contributed by atoms with E-state index in [4.69, 9.17) is 4.74 Å². The minimum atomic E-state index is -0.681. The number of ether oxygens (including phenoxy) is 1. The minimum absolute atomic E-state index is 0.371. The summed E-state index contributed by atoms with van der Waals surface area (Å²) >= 11 is 0. The molecule has 1 aromatic heterocycles. The Labute approximate surface area is 164 Å². The lowest BCUT2D eigenvalue weighted by atomic mass is 10.0. The Kier molecular flexibility index (Phi) is 7.49. The molecule has 0 aliphatic carbocycles. The van der Waals surface area contributed by atoms with Gasteiger partial charge in [0.1, 0.15) is 0 Å². The van der Waals surface area contributed by atoms with Crippen molar-refractivity contribution in [2.24, 2.45) is 5.92 Å². The number of aryl methyl sites for hydroxylation is 2. The fourth-order valence-electron chi connectivity index (χ4n) is 2.85. The fraction of sp³-hybridized carbons (Fsp3) is 0.429. The number of hydrogen-bond acceptors (Lipinski definition) is 5. The summed E-state index contributed by atoms with van der Waals surface area (Å²) < 4.78 is 5.13. The molecule has 28 heavy (non-hydrogen) atoms. The SMILES string of the molecule is CCc1nc2ccccc2c(C)c1C(=O)OCC(=O)NC(=O)NCCC(C)C. The molecule has 0 aliphatic heterocycles. The van der Waals surface area contributed by atoms with Gasteiger partial charge < -0.3 is 10.1 Å². The molecule has 7 heteroatoms. The molecule has 1 heterocycles. The predicted octanol–water partition coefficient (Wildman–Crippen LogP) is 3.13. The molecule has 0 spiro atoms. The molecule has 0 saturated carbocycles. The quantitative estimate of drug-likeness (QED) is 0.714. The Morgan fingerprint density at radius 1 is 1.18 bits per heavy atom. The van der Waals surface area contributed by atoms with Crippen LogP contribution in [0, 0.1) is 12.8 Å². The molecule has 0 aliphatic rings. The van der Waals surface area contributed by atoms with Gasteiger partial charge in [-0.05, 0) is 37.3 Å². The lowest BCUT2D eigenvalue weighted by Gasteiger charge is -2.13. The molecule has 3 amide bonds. The zero-order chi connectivity index (χ0) is 20.7. The van der Waals surface area contributed by atoms with Crippen molar-refractivity contribution in [2.45, 2.75) is 40.5 Å². The summed E-state index contributed by atoms with van der Waals surface area (Å²) in [6.45, 7) is 7.75. The lowest BCUT2D eigenvalue weighted by Crippen LogP contribution is -2.42. The van der Waals surface area contributed by atoms with Crippen LogP contribution in [0.25, 0.3) is 10.9 Å². The molecular weight excluding hydrogens is 358 g/mol. The summed E-state index contributed by atoms with van der Waals surface area (Å²) in [5.41, 5.74) is 2.56. The van der Waals surface area contributed by atoms with Crippen molar-refractivity contribution in [3.8, 4) is 0 Å². The number of imide groups is 1. The third-order valence-electron chi connectivity index (χ3n) is 4.36. The molecule has 0 unspecified atom stereocenters. The lowest BCUT2D eigenvalue weighted by molar-refractivity contribution is -0.123. The number of carbonyl (C=O) groups excluding carboxylic acids is 3. The van der Waals surface area contributed by atoms with Crippen LogP contribution < -0.4 is 10.6 Å². The van der Waals surface area contributed by atoms with Crippen LogP contribution in [0.4, 0.5) is 4.79 Å². The van der Waals surface area contributed by atoms with E-state index in [1.165, 1.54) is 0 Å². The van der Waals surface area contributed by atoms with Crippen LogP contribution in [0.2, 0.25) is 0 Å². The second-order valence-electron chi connectivity index (χ2n) is 6.99. The summed E-state index contributed by atoms with van der Waals surface area (Å²) in [5.74, 6) is -0.855. The molecule has 2 N–H and O–H groups in total. The topological polar surface area (TPSA) is 97.4 Å². The third kappa shape index (κ3) is 5.52. The van der Waals surface area contributed by atoms with Gasteiger partial charge in [-0.3, -0.25) is 15.1 Å². The molecule has 0 bridgehead atoms. The second-order valence-corrected chi connectivity index (χ2v) is 6.99. The summed E-state index contributed by atoms with van der Waals surface area (Å²) in [7, 11) is 0. The van der Waals surface area contributed by atoms with Crippen molar-refractivity contribution >= 4 is 28.8 Å². The van der Waals surface area contributed by atoms with E-state index in [2.05, 4.69) is 15.6 Å². The van der Waals surface area contributed by atoms with E-state index in [0.29, 0.717) is 30.1 Å². The van der Waals surface area contributed by atoms with Gasteiger partial charge in [-0.25, -0.2) is 9.59 Å². The van der Waals surface area contributed by atoms with E-state index in [0.717, 1.165) is 22.9 Å².